The summed E-state index contributed by atoms with van der Waals surface area (Å²) in [6.45, 7) is 8.50. The van der Waals surface area contributed by atoms with E-state index >= 15 is 0 Å². The monoisotopic (exact) mass is 392 g/mol. The van der Waals surface area contributed by atoms with E-state index in [0.29, 0.717) is 11.6 Å². The minimum absolute atomic E-state index is 0.361. The van der Waals surface area contributed by atoms with Gasteiger partial charge in [-0.2, -0.15) is 0 Å². The molecule has 30 heavy (non-hydrogen) atoms. The van der Waals surface area contributed by atoms with Crippen LogP contribution in [0.3, 0.4) is 0 Å². The lowest BCUT2D eigenvalue weighted by Crippen LogP contribution is -1.90. The van der Waals surface area contributed by atoms with Crippen LogP contribution >= 0.6 is 0 Å². The largest absolute Gasteiger partial charge is 0.437 e. The number of nitrogens with zero attached hydrogens (tertiary/aromatic N) is 2. The van der Waals surface area contributed by atoms with Crippen molar-refractivity contribution in [2.75, 3.05) is 0 Å². The van der Waals surface area contributed by atoms with Crippen LogP contribution in [0.2, 0.25) is 0 Å². The number of furan rings is 1. The molecule has 3 nitrogen and oxygen atoms in total. The lowest BCUT2D eigenvalue weighted by atomic mass is 9.99. The van der Waals surface area contributed by atoms with Crippen LogP contribution < -0.4 is 0 Å². The van der Waals surface area contributed by atoms with E-state index in [1.807, 2.05) is 6.20 Å². The molecular weight excluding hydrogens is 368 g/mol. The van der Waals surface area contributed by atoms with E-state index in [0.717, 1.165) is 44.4 Å². The number of aromatic nitrogens is 2. The van der Waals surface area contributed by atoms with Gasteiger partial charge in [-0.3, -0.25) is 4.98 Å². The number of benzene rings is 2. The maximum atomic E-state index is 6.29. The molecule has 0 aliphatic carbocycles. The van der Waals surface area contributed by atoms with Crippen molar-refractivity contribution in [2.45, 2.75) is 33.6 Å². The fraction of sp³-hybridized carbons (Fsp3) is 0.185. The number of hydrogen-bond donors (Lipinski definition) is 0. The van der Waals surface area contributed by atoms with Crippen LogP contribution in [0.15, 0.2) is 71.3 Å². The van der Waals surface area contributed by atoms with Crippen molar-refractivity contribution in [3.8, 4) is 22.4 Å². The van der Waals surface area contributed by atoms with Gasteiger partial charge in [0.1, 0.15) is 5.58 Å². The first kappa shape index (κ1) is 18.6. The Bertz CT molecular complexity index is 1380. The molecular formula is C27H24N2O. The van der Waals surface area contributed by atoms with Crippen molar-refractivity contribution < 1.29 is 4.42 Å². The smallest absolute Gasteiger partial charge is 0.227 e. The first-order valence-electron chi connectivity index (χ1n) is 10.4. The second-order valence-corrected chi connectivity index (χ2v) is 8.28. The SMILES string of the molecule is Cc1cccc(-c2ccc(-c3c(C)ccc4c3oc3nc(C(C)C)ccc34)nc2)c1. The molecule has 0 aliphatic rings. The van der Waals surface area contributed by atoms with Crippen LogP contribution in [-0.2, 0) is 0 Å². The molecule has 0 aliphatic heterocycles. The van der Waals surface area contributed by atoms with Crippen LogP contribution in [-0.4, -0.2) is 9.97 Å². The summed E-state index contributed by atoms with van der Waals surface area (Å²) in [5.41, 5.74) is 9.21. The van der Waals surface area contributed by atoms with Crippen LogP contribution in [0, 0.1) is 13.8 Å². The Morgan fingerprint density at radius 1 is 0.833 bits per heavy atom. The number of rotatable bonds is 3. The van der Waals surface area contributed by atoms with Crippen LogP contribution in [0.4, 0.5) is 0 Å². The van der Waals surface area contributed by atoms with Crippen LogP contribution in [0.5, 0.6) is 0 Å². The summed E-state index contributed by atoms with van der Waals surface area (Å²) in [5.74, 6) is 0.361. The summed E-state index contributed by atoms with van der Waals surface area (Å²) in [7, 11) is 0. The van der Waals surface area contributed by atoms with E-state index in [-0.39, 0.29) is 0 Å². The Morgan fingerprint density at radius 3 is 2.40 bits per heavy atom. The molecule has 3 heteroatoms. The molecule has 0 saturated heterocycles. The minimum Gasteiger partial charge on any atom is -0.437 e. The normalized spacial score (nSPS) is 11.6. The fourth-order valence-corrected chi connectivity index (χ4v) is 4.01. The molecule has 3 heterocycles. The molecule has 5 rings (SSSR count). The van der Waals surface area contributed by atoms with Gasteiger partial charge < -0.3 is 4.42 Å². The van der Waals surface area contributed by atoms with E-state index in [9.17, 15) is 0 Å². The Balaban J connectivity index is 1.66. The third kappa shape index (κ3) is 3.07. The average molecular weight is 393 g/mol. The highest BCUT2D eigenvalue weighted by atomic mass is 16.3. The zero-order chi connectivity index (χ0) is 20.8. The number of aryl methyl sites for hydroxylation is 2. The highest BCUT2D eigenvalue weighted by Crippen LogP contribution is 2.37. The van der Waals surface area contributed by atoms with Gasteiger partial charge in [0.05, 0.1) is 5.69 Å². The van der Waals surface area contributed by atoms with Crippen molar-refractivity contribution >= 4 is 22.1 Å². The summed E-state index contributed by atoms with van der Waals surface area (Å²) >= 11 is 0. The topological polar surface area (TPSA) is 38.9 Å². The van der Waals surface area contributed by atoms with Gasteiger partial charge in [0, 0.05) is 33.8 Å². The van der Waals surface area contributed by atoms with Gasteiger partial charge >= 0.3 is 0 Å². The molecule has 0 spiro atoms. The van der Waals surface area contributed by atoms with Crippen LogP contribution in [0.1, 0.15) is 36.6 Å². The molecule has 0 fully saturated rings. The minimum atomic E-state index is 0.361. The molecule has 0 amide bonds. The fourth-order valence-electron chi connectivity index (χ4n) is 4.01. The Hall–Kier alpha value is -3.46. The van der Waals surface area contributed by atoms with Gasteiger partial charge in [0.15, 0.2) is 0 Å². The highest BCUT2D eigenvalue weighted by Gasteiger charge is 2.17. The predicted molar refractivity (Wildman–Crippen MR) is 124 cm³/mol. The standard InChI is InChI=1S/C27H24N2O/c1-16(2)23-13-11-22-21-10-8-18(4)25(26(21)30-27(22)29-23)24-12-9-20(15-28-24)19-7-5-6-17(3)14-19/h5-16H,1-4H3. The lowest BCUT2D eigenvalue weighted by Gasteiger charge is -2.08. The van der Waals surface area contributed by atoms with Crippen molar-refractivity contribution in [3.05, 3.63) is 83.7 Å². The van der Waals surface area contributed by atoms with Gasteiger partial charge in [-0.05, 0) is 49.1 Å². The van der Waals surface area contributed by atoms with E-state index in [1.54, 1.807) is 0 Å². The number of hydrogen-bond acceptors (Lipinski definition) is 3. The molecule has 0 radical (unpaired) electrons. The Morgan fingerprint density at radius 2 is 1.67 bits per heavy atom. The second-order valence-electron chi connectivity index (χ2n) is 8.28. The summed E-state index contributed by atoms with van der Waals surface area (Å²) < 4.78 is 6.29. The Kier molecular flexibility index (Phi) is 4.39. The molecule has 0 atom stereocenters. The molecule has 0 bridgehead atoms. The zero-order valence-corrected chi connectivity index (χ0v) is 17.7. The maximum absolute atomic E-state index is 6.29. The maximum Gasteiger partial charge on any atom is 0.227 e. The van der Waals surface area contributed by atoms with Crippen LogP contribution in [0.25, 0.3) is 44.5 Å². The van der Waals surface area contributed by atoms with E-state index in [1.165, 1.54) is 11.1 Å². The Labute approximate surface area is 176 Å². The molecule has 5 aromatic rings. The van der Waals surface area contributed by atoms with Gasteiger partial charge in [-0.15, -0.1) is 0 Å². The third-order valence-electron chi connectivity index (χ3n) is 5.70. The summed E-state index contributed by atoms with van der Waals surface area (Å²) in [5, 5.41) is 2.13. The summed E-state index contributed by atoms with van der Waals surface area (Å²) in [6, 6.07) is 21.2. The zero-order valence-electron chi connectivity index (χ0n) is 17.7. The molecule has 2 aromatic carbocycles. The first-order valence-corrected chi connectivity index (χ1v) is 10.4. The summed E-state index contributed by atoms with van der Waals surface area (Å²) in [4.78, 5) is 9.55. The molecule has 0 unspecified atom stereocenters. The van der Waals surface area contributed by atoms with Crippen molar-refractivity contribution in [1.82, 2.24) is 9.97 Å². The van der Waals surface area contributed by atoms with E-state index < -0.39 is 0 Å². The quantitative estimate of drug-likeness (QED) is 0.320. The van der Waals surface area contributed by atoms with Gasteiger partial charge in [-0.1, -0.05) is 61.9 Å². The second kappa shape index (κ2) is 7.10. The molecule has 148 valence electrons. The van der Waals surface area contributed by atoms with Gasteiger partial charge in [0.2, 0.25) is 5.71 Å². The summed E-state index contributed by atoms with van der Waals surface area (Å²) in [6.07, 6.45) is 1.94. The average Bonchev–Trinajstić information content (AvgIpc) is 3.11. The highest BCUT2D eigenvalue weighted by molar-refractivity contribution is 6.09. The van der Waals surface area contributed by atoms with E-state index in [2.05, 4.69) is 88.4 Å². The third-order valence-corrected chi connectivity index (χ3v) is 5.70. The lowest BCUT2D eigenvalue weighted by molar-refractivity contribution is 0.648. The molecule has 0 N–H and O–H groups in total. The van der Waals surface area contributed by atoms with Crippen molar-refractivity contribution in [2.24, 2.45) is 0 Å². The van der Waals surface area contributed by atoms with Crippen molar-refractivity contribution in [3.63, 3.8) is 0 Å². The van der Waals surface area contributed by atoms with Crippen molar-refractivity contribution in [1.29, 1.82) is 0 Å². The van der Waals surface area contributed by atoms with Gasteiger partial charge in [-0.25, -0.2) is 4.98 Å². The number of pyridine rings is 2. The predicted octanol–water partition coefficient (Wildman–Crippen LogP) is 7.45. The van der Waals surface area contributed by atoms with Gasteiger partial charge in [0.25, 0.3) is 0 Å². The molecule has 0 saturated carbocycles. The van der Waals surface area contributed by atoms with E-state index in [4.69, 9.17) is 14.4 Å². The molecule has 3 aromatic heterocycles. The first-order chi connectivity index (χ1) is 14.5. The number of fused-ring (bicyclic) bond motifs is 3.